The van der Waals surface area contributed by atoms with Crippen LogP contribution in [-0.2, 0) is 0 Å². The molecule has 4 heteroatoms. The van der Waals surface area contributed by atoms with E-state index in [1.54, 1.807) is 0 Å². The molecule has 2 aromatic heterocycles. The Bertz CT molecular complexity index is 2180. The van der Waals surface area contributed by atoms with Crippen LogP contribution in [0, 0.1) is 0 Å². The van der Waals surface area contributed by atoms with Gasteiger partial charge in [-0.1, -0.05) is 84.9 Å². The molecule has 3 nitrogen and oxygen atoms in total. The van der Waals surface area contributed by atoms with Crippen molar-refractivity contribution in [2.24, 2.45) is 0 Å². The Hall–Kier alpha value is -4.80. The number of aromatic nitrogens is 1. The van der Waals surface area contributed by atoms with Crippen LogP contribution in [0.25, 0.3) is 49.4 Å². The van der Waals surface area contributed by atoms with Crippen LogP contribution < -0.4 is 4.90 Å². The van der Waals surface area contributed by atoms with Gasteiger partial charge in [0.2, 0.25) is 0 Å². The topological polar surface area (TPSA) is 21.3 Å². The summed E-state index contributed by atoms with van der Waals surface area (Å²) >= 11 is 3.69. The number of rotatable bonds is 4. The maximum atomic E-state index is 6.57. The van der Waals surface area contributed by atoms with E-state index in [9.17, 15) is 0 Å². The summed E-state index contributed by atoms with van der Waals surface area (Å²) in [4.78, 5) is 2.30. The van der Waals surface area contributed by atoms with E-state index in [0.29, 0.717) is 0 Å². The van der Waals surface area contributed by atoms with Gasteiger partial charge >= 0.3 is 0 Å². The summed E-state index contributed by atoms with van der Waals surface area (Å²) in [6.07, 6.45) is 0. The van der Waals surface area contributed by atoms with E-state index >= 15 is 0 Å². The standard InChI is InChI=1S/C36H23BrN2O/c37-31-18-9-16-29-30-17-10-20-33(36(30)40-35(29)31)38(24-11-3-1-4-12-24)26-21-22-28-27-15-7-8-19-32(27)39(34(28)23-26)25-13-5-2-6-14-25/h1-23H. The lowest BCUT2D eigenvalue weighted by atomic mass is 10.1. The Kier molecular flexibility index (Phi) is 5.29. The van der Waals surface area contributed by atoms with Gasteiger partial charge in [-0.15, -0.1) is 0 Å². The minimum absolute atomic E-state index is 0.858. The highest BCUT2D eigenvalue weighted by atomic mass is 79.9. The van der Waals surface area contributed by atoms with E-state index in [4.69, 9.17) is 4.42 Å². The number of nitrogens with zero attached hydrogens (tertiary/aromatic N) is 2. The van der Waals surface area contributed by atoms with Crippen molar-refractivity contribution in [1.29, 1.82) is 0 Å². The van der Waals surface area contributed by atoms with E-state index in [1.165, 1.54) is 16.3 Å². The molecule has 190 valence electrons. The highest BCUT2D eigenvalue weighted by Gasteiger charge is 2.21. The predicted octanol–water partition coefficient (Wildman–Crippen LogP) is 10.9. The molecule has 6 aromatic carbocycles. The molecule has 0 unspecified atom stereocenters. The van der Waals surface area contributed by atoms with Gasteiger partial charge < -0.3 is 13.9 Å². The third kappa shape index (κ3) is 3.50. The summed E-state index contributed by atoms with van der Waals surface area (Å²) in [5.41, 5.74) is 8.33. The van der Waals surface area contributed by atoms with Crippen molar-refractivity contribution >= 4 is 76.7 Å². The van der Waals surface area contributed by atoms with Crippen LogP contribution >= 0.6 is 15.9 Å². The van der Waals surface area contributed by atoms with Crippen molar-refractivity contribution in [2.75, 3.05) is 4.90 Å². The highest BCUT2D eigenvalue weighted by Crippen LogP contribution is 2.44. The molecule has 8 aromatic rings. The molecular weight excluding hydrogens is 556 g/mol. The average Bonchev–Trinajstić information content (AvgIpc) is 3.56. The zero-order chi connectivity index (χ0) is 26.6. The molecule has 8 rings (SSSR count). The largest absolute Gasteiger partial charge is 0.453 e. The number of hydrogen-bond donors (Lipinski definition) is 0. The monoisotopic (exact) mass is 578 g/mol. The SMILES string of the molecule is Brc1cccc2c1oc1c(N(c3ccccc3)c3ccc4c5ccccc5n(-c5ccccc5)c4c3)cccc12. The Labute approximate surface area is 239 Å². The minimum atomic E-state index is 0.858. The van der Waals surface area contributed by atoms with Crippen molar-refractivity contribution in [3.63, 3.8) is 0 Å². The number of benzene rings is 6. The van der Waals surface area contributed by atoms with E-state index in [2.05, 4.69) is 159 Å². The number of para-hydroxylation sites is 5. The lowest BCUT2D eigenvalue weighted by molar-refractivity contribution is 0.667. The minimum Gasteiger partial charge on any atom is -0.453 e. The van der Waals surface area contributed by atoms with Crippen molar-refractivity contribution in [1.82, 2.24) is 4.57 Å². The van der Waals surface area contributed by atoms with Crippen molar-refractivity contribution in [2.45, 2.75) is 0 Å². The molecule has 0 amide bonds. The number of fused-ring (bicyclic) bond motifs is 6. The first-order chi connectivity index (χ1) is 19.8. The fourth-order valence-electron chi connectivity index (χ4n) is 5.90. The molecule has 0 fully saturated rings. The van der Waals surface area contributed by atoms with Gasteiger partial charge in [0.1, 0.15) is 5.58 Å². The molecule has 40 heavy (non-hydrogen) atoms. The Morgan fingerprint density at radius 3 is 1.98 bits per heavy atom. The Morgan fingerprint density at radius 1 is 0.500 bits per heavy atom. The van der Waals surface area contributed by atoms with Gasteiger partial charge in [0.25, 0.3) is 0 Å². The molecule has 0 spiro atoms. The van der Waals surface area contributed by atoms with E-state index in [1.807, 2.05) is 6.07 Å². The molecule has 0 aliphatic carbocycles. The number of anilines is 3. The third-order valence-corrected chi connectivity index (χ3v) is 8.27. The summed E-state index contributed by atoms with van der Waals surface area (Å²) in [7, 11) is 0. The third-order valence-electron chi connectivity index (χ3n) is 7.64. The van der Waals surface area contributed by atoms with Crippen molar-refractivity contribution in [3.8, 4) is 5.69 Å². The quantitative estimate of drug-likeness (QED) is 0.207. The van der Waals surface area contributed by atoms with Crippen LogP contribution in [-0.4, -0.2) is 4.57 Å². The van der Waals surface area contributed by atoms with Gasteiger partial charge in [0.15, 0.2) is 5.58 Å². The molecular formula is C36H23BrN2O. The van der Waals surface area contributed by atoms with Crippen LogP contribution in [0.15, 0.2) is 148 Å². The number of halogens is 1. The molecule has 2 heterocycles. The normalized spacial score (nSPS) is 11.6. The number of hydrogen-bond acceptors (Lipinski definition) is 2. The molecule has 0 bridgehead atoms. The van der Waals surface area contributed by atoms with Gasteiger partial charge in [-0.25, -0.2) is 0 Å². The summed E-state index contributed by atoms with van der Waals surface area (Å²) in [6.45, 7) is 0. The first kappa shape index (κ1) is 23.1. The van der Waals surface area contributed by atoms with Crippen LogP contribution in [0.3, 0.4) is 0 Å². The summed E-state index contributed by atoms with van der Waals surface area (Å²) in [5.74, 6) is 0. The van der Waals surface area contributed by atoms with Gasteiger partial charge in [0.05, 0.1) is 21.2 Å². The van der Waals surface area contributed by atoms with E-state index in [-0.39, 0.29) is 0 Å². The van der Waals surface area contributed by atoms with E-state index < -0.39 is 0 Å². The van der Waals surface area contributed by atoms with Crippen LogP contribution in [0.1, 0.15) is 0 Å². The molecule has 0 saturated heterocycles. The zero-order valence-corrected chi connectivity index (χ0v) is 23.0. The highest BCUT2D eigenvalue weighted by molar-refractivity contribution is 9.10. The molecule has 0 N–H and O–H groups in total. The van der Waals surface area contributed by atoms with Crippen molar-refractivity contribution in [3.05, 3.63) is 144 Å². The van der Waals surface area contributed by atoms with Crippen LogP contribution in [0.5, 0.6) is 0 Å². The van der Waals surface area contributed by atoms with Crippen molar-refractivity contribution < 1.29 is 4.42 Å². The van der Waals surface area contributed by atoms with Gasteiger partial charge in [-0.3, -0.25) is 0 Å². The Morgan fingerprint density at radius 2 is 1.15 bits per heavy atom. The van der Waals surface area contributed by atoms with E-state index in [0.717, 1.165) is 54.7 Å². The van der Waals surface area contributed by atoms with Gasteiger partial charge in [-0.05, 0) is 70.5 Å². The lowest BCUT2D eigenvalue weighted by Gasteiger charge is -2.25. The Balaban J connectivity index is 1.44. The van der Waals surface area contributed by atoms with Crippen LogP contribution in [0.4, 0.5) is 17.1 Å². The van der Waals surface area contributed by atoms with Crippen LogP contribution in [0.2, 0.25) is 0 Å². The first-order valence-corrected chi connectivity index (χ1v) is 14.1. The summed E-state index contributed by atoms with van der Waals surface area (Å²) < 4.78 is 9.88. The second-order valence-corrected chi connectivity index (χ2v) is 10.8. The fraction of sp³-hybridized carbons (Fsp3) is 0. The molecule has 0 aliphatic rings. The lowest BCUT2D eigenvalue weighted by Crippen LogP contribution is -2.10. The second-order valence-electron chi connectivity index (χ2n) is 9.93. The second kappa shape index (κ2) is 9.15. The number of furan rings is 1. The van der Waals surface area contributed by atoms with Gasteiger partial charge in [0, 0.05) is 38.6 Å². The molecule has 0 aliphatic heterocycles. The molecule has 0 radical (unpaired) electrons. The maximum Gasteiger partial charge on any atom is 0.159 e. The average molecular weight is 579 g/mol. The molecule has 0 atom stereocenters. The zero-order valence-electron chi connectivity index (χ0n) is 21.5. The predicted molar refractivity (Wildman–Crippen MR) is 170 cm³/mol. The van der Waals surface area contributed by atoms with Gasteiger partial charge in [-0.2, -0.15) is 0 Å². The summed E-state index contributed by atoms with van der Waals surface area (Å²) in [6, 6.07) is 49.1. The fourth-order valence-corrected chi connectivity index (χ4v) is 6.35. The smallest absolute Gasteiger partial charge is 0.159 e. The maximum absolute atomic E-state index is 6.57. The first-order valence-electron chi connectivity index (χ1n) is 13.3. The molecule has 0 saturated carbocycles. The summed E-state index contributed by atoms with van der Waals surface area (Å²) in [5, 5.41) is 4.65.